The number of amides is 1. The highest BCUT2D eigenvalue weighted by atomic mass is 19.1. The van der Waals surface area contributed by atoms with E-state index in [9.17, 15) is 9.18 Å². The van der Waals surface area contributed by atoms with Crippen LogP contribution in [0, 0.1) is 5.41 Å². The van der Waals surface area contributed by atoms with Crippen LogP contribution in [0.4, 0.5) is 10.1 Å². The summed E-state index contributed by atoms with van der Waals surface area (Å²) in [6, 6.07) is 10.3. The maximum atomic E-state index is 13.2. The van der Waals surface area contributed by atoms with Crippen LogP contribution in [0.5, 0.6) is 0 Å². The van der Waals surface area contributed by atoms with E-state index in [0.29, 0.717) is 12.1 Å². The van der Waals surface area contributed by atoms with Gasteiger partial charge in [-0.15, -0.1) is 0 Å². The Hall–Kier alpha value is -2.89. The lowest BCUT2D eigenvalue weighted by molar-refractivity contribution is 0.000855. The Morgan fingerprint density at radius 3 is 2.63 bits per heavy atom. The van der Waals surface area contributed by atoms with Crippen molar-refractivity contribution in [3.8, 4) is 11.3 Å². The SMILES string of the molecule is CCc1nc2cn(C)ccc-2c1C(=O)NCc1ccc(N2CC3(CC(F)C3)C2)cc1. The van der Waals surface area contributed by atoms with Crippen molar-refractivity contribution < 1.29 is 9.18 Å². The zero-order valence-electron chi connectivity index (χ0n) is 17.5. The maximum absolute atomic E-state index is 13.2. The molecular weight excluding hydrogens is 379 g/mol. The standard InChI is InChI=1S/C24H27FN4O/c1-3-20-22(19-8-9-28(2)13-21(19)27-20)23(30)26-12-16-4-6-18(7-5-16)29-14-24(15-29)10-17(25)11-24/h4-9,13,17H,3,10-12,14-15H2,1-2H3,(H,26,30). The Morgan fingerprint density at radius 2 is 1.97 bits per heavy atom. The fourth-order valence-electron chi connectivity index (χ4n) is 4.93. The summed E-state index contributed by atoms with van der Waals surface area (Å²) in [7, 11) is 1.95. The molecule has 3 aliphatic heterocycles. The molecule has 0 bridgehead atoms. The average Bonchev–Trinajstić information content (AvgIpc) is 3.06. The van der Waals surface area contributed by atoms with E-state index in [1.807, 2.05) is 37.0 Å². The molecular formula is C24H27FN4O. The number of aromatic nitrogens is 2. The van der Waals surface area contributed by atoms with E-state index < -0.39 is 6.17 Å². The molecule has 1 aromatic rings. The fourth-order valence-corrected chi connectivity index (χ4v) is 4.93. The minimum atomic E-state index is -0.594. The molecule has 1 aromatic carbocycles. The number of nitrogens with one attached hydrogen (secondary N) is 1. The highest BCUT2D eigenvalue weighted by Gasteiger charge is 2.52. The number of nitrogens with zero attached hydrogens (tertiary/aromatic N) is 3. The highest BCUT2D eigenvalue weighted by Crippen LogP contribution is 2.50. The molecule has 0 atom stereocenters. The molecule has 5 rings (SSSR count). The summed E-state index contributed by atoms with van der Waals surface area (Å²) in [5.74, 6) is -0.0808. The van der Waals surface area contributed by atoms with Crippen LogP contribution in [0.25, 0.3) is 11.3 Å². The lowest BCUT2D eigenvalue weighted by Crippen LogP contribution is -2.63. The van der Waals surface area contributed by atoms with Gasteiger partial charge in [-0.1, -0.05) is 19.1 Å². The summed E-state index contributed by atoms with van der Waals surface area (Å²) in [5, 5.41) is 3.05. The largest absolute Gasteiger partial charge is 0.370 e. The molecule has 4 aliphatic rings. The Morgan fingerprint density at radius 1 is 1.23 bits per heavy atom. The third-order valence-electron chi connectivity index (χ3n) is 6.57. The molecule has 5 nitrogen and oxygen atoms in total. The van der Waals surface area contributed by atoms with Crippen molar-refractivity contribution in [2.24, 2.45) is 12.5 Å². The number of pyridine rings is 1. The van der Waals surface area contributed by atoms with Crippen LogP contribution >= 0.6 is 0 Å². The second-order valence-electron chi connectivity index (χ2n) is 8.91. The van der Waals surface area contributed by atoms with Gasteiger partial charge in [0.25, 0.3) is 5.91 Å². The number of hydrogen-bond donors (Lipinski definition) is 1. The van der Waals surface area contributed by atoms with Gasteiger partial charge in [0.1, 0.15) is 6.17 Å². The van der Waals surface area contributed by atoms with Gasteiger partial charge < -0.3 is 14.8 Å². The van der Waals surface area contributed by atoms with E-state index in [2.05, 4.69) is 39.5 Å². The van der Waals surface area contributed by atoms with Gasteiger partial charge in [-0.3, -0.25) is 9.78 Å². The molecule has 30 heavy (non-hydrogen) atoms. The number of alkyl halides is 1. The number of carbonyl (C=O) groups is 1. The number of hydrogen-bond acceptors (Lipinski definition) is 3. The minimum Gasteiger partial charge on any atom is -0.370 e. The first-order valence-corrected chi connectivity index (χ1v) is 10.7. The molecule has 0 aromatic heterocycles. The first-order chi connectivity index (χ1) is 14.5. The number of aryl methyl sites for hydroxylation is 2. The zero-order valence-corrected chi connectivity index (χ0v) is 17.5. The lowest BCUT2D eigenvalue weighted by Gasteiger charge is -2.58. The molecule has 0 radical (unpaired) electrons. The molecule has 1 N–H and O–H groups in total. The Bertz CT molecular complexity index is 1040. The van der Waals surface area contributed by atoms with Crippen molar-refractivity contribution in [2.75, 3.05) is 18.0 Å². The van der Waals surface area contributed by atoms with Crippen LogP contribution in [0.3, 0.4) is 0 Å². The van der Waals surface area contributed by atoms with Gasteiger partial charge in [-0.25, -0.2) is 4.39 Å². The van der Waals surface area contributed by atoms with Crippen molar-refractivity contribution in [3.63, 3.8) is 0 Å². The Labute approximate surface area is 176 Å². The average molecular weight is 407 g/mol. The molecule has 6 heteroatoms. The van der Waals surface area contributed by atoms with Crippen molar-refractivity contribution in [3.05, 3.63) is 59.5 Å². The normalized spacial score (nSPS) is 17.8. The van der Waals surface area contributed by atoms with Gasteiger partial charge in [0, 0.05) is 55.7 Å². The number of halogens is 1. The number of carbonyl (C=O) groups excluding carboxylic acids is 1. The van der Waals surface area contributed by atoms with Gasteiger partial charge in [0.2, 0.25) is 0 Å². The molecule has 2 fully saturated rings. The third kappa shape index (κ3) is 3.24. The number of rotatable bonds is 5. The quantitative estimate of drug-likeness (QED) is 0.698. The Kier molecular flexibility index (Phi) is 4.53. The van der Waals surface area contributed by atoms with Gasteiger partial charge >= 0.3 is 0 Å². The second kappa shape index (κ2) is 7.11. The summed E-state index contributed by atoms with van der Waals surface area (Å²) >= 11 is 0. The van der Waals surface area contributed by atoms with E-state index in [1.54, 1.807) is 0 Å². The van der Waals surface area contributed by atoms with Crippen LogP contribution in [-0.2, 0) is 20.0 Å². The second-order valence-corrected chi connectivity index (χ2v) is 8.91. The van der Waals surface area contributed by atoms with Crippen molar-refractivity contribution >= 4 is 11.6 Å². The first kappa shape index (κ1) is 19.1. The summed E-state index contributed by atoms with van der Waals surface area (Å²) in [6.07, 6.45) is 5.45. The van der Waals surface area contributed by atoms with Crippen LogP contribution < -0.4 is 10.2 Å². The van der Waals surface area contributed by atoms with Gasteiger partial charge in [0.15, 0.2) is 0 Å². The van der Waals surface area contributed by atoms with E-state index in [4.69, 9.17) is 0 Å². The van der Waals surface area contributed by atoms with Gasteiger partial charge in [0.05, 0.1) is 17.0 Å². The van der Waals surface area contributed by atoms with Crippen molar-refractivity contribution in [1.29, 1.82) is 0 Å². The summed E-state index contributed by atoms with van der Waals surface area (Å²) in [6.45, 7) is 4.41. The Balaban J connectivity index is 1.23. The van der Waals surface area contributed by atoms with Crippen LogP contribution in [0.15, 0.2) is 42.7 Å². The monoisotopic (exact) mass is 406 g/mol. The smallest absolute Gasteiger partial charge is 0.254 e. The fraction of sp³-hybridized carbons (Fsp3) is 0.417. The number of anilines is 1. The van der Waals surface area contributed by atoms with Gasteiger partial charge in [-0.2, -0.15) is 0 Å². The van der Waals surface area contributed by atoms with E-state index in [0.717, 1.165) is 54.9 Å². The molecule has 0 unspecified atom stereocenters. The third-order valence-corrected chi connectivity index (χ3v) is 6.57. The topological polar surface area (TPSA) is 50.2 Å². The van der Waals surface area contributed by atoms with E-state index in [-0.39, 0.29) is 11.3 Å². The first-order valence-electron chi connectivity index (χ1n) is 10.7. The van der Waals surface area contributed by atoms with Crippen LogP contribution in [0.2, 0.25) is 0 Å². The summed E-state index contributed by atoms with van der Waals surface area (Å²) < 4.78 is 15.1. The maximum Gasteiger partial charge on any atom is 0.254 e. The molecule has 1 aliphatic carbocycles. The van der Waals surface area contributed by atoms with Crippen LogP contribution in [0.1, 0.15) is 41.4 Å². The summed E-state index contributed by atoms with van der Waals surface area (Å²) in [4.78, 5) is 19.9. The molecule has 1 amide bonds. The predicted molar refractivity (Wildman–Crippen MR) is 116 cm³/mol. The molecule has 1 saturated carbocycles. The summed E-state index contributed by atoms with van der Waals surface area (Å²) in [5.41, 5.74) is 5.73. The minimum absolute atomic E-state index is 0.0808. The lowest BCUT2D eigenvalue weighted by atomic mass is 9.62. The van der Waals surface area contributed by atoms with Crippen molar-refractivity contribution in [1.82, 2.24) is 14.9 Å². The zero-order chi connectivity index (χ0) is 20.9. The number of benzene rings is 1. The predicted octanol–water partition coefficient (Wildman–Crippen LogP) is 3.96. The number of fused-ring (bicyclic) bond motifs is 1. The molecule has 1 spiro atoms. The highest BCUT2D eigenvalue weighted by molar-refractivity contribution is 6.02. The molecule has 156 valence electrons. The van der Waals surface area contributed by atoms with Gasteiger partial charge in [-0.05, 0) is 43.0 Å². The van der Waals surface area contributed by atoms with E-state index >= 15 is 0 Å². The van der Waals surface area contributed by atoms with Crippen molar-refractivity contribution in [2.45, 2.75) is 38.9 Å². The molecule has 1 saturated heterocycles. The van der Waals surface area contributed by atoms with E-state index in [1.165, 1.54) is 5.69 Å². The van der Waals surface area contributed by atoms with Crippen LogP contribution in [-0.4, -0.2) is 34.7 Å². The molecule has 3 heterocycles.